The Bertz CT molecular complexity index is 898. The number of sulfone groups is 1. The van der Waals surface area contributed by atoms with Crippen molar-refractivity contribution in [1.82, 2.24) is 0 Å². The predicted octanol–water partition coefficient (Wildman–Crippen LogP) is 3.22. The Balaban J connectivity index is 2.19. The number of rotatable bonds is 6. The summed E-state index contributed by atoms with van der Waals surface area (Å²) in [7, 11) is -2.06. The van der Waals surface area contributed by atoms with Crippen LogP contribution in [0.5, 0.6) is 5.75 Å². The van der Waals surface area contributed by atoms with Crippen LogP contribution in [0.4, 0.5) is 11.4 Å². The molecule has 0 saturated carbocycles. The van der Waals surface area contributed by atoms with Gasteiger partial charge >= 0.3 is 0 Å². The standard InChI is InChI=1S/C17H19BrN2O4S/c1-11-8-14(17(24-2)15(9-11)25(3,22)23)19-10-16(21)20-13-7-5-4-6-12(13)18/h4-9,19H,10H2,1-3H3,(H,20,21). The fraction of sp³-hybridized carbons (Fsp3) is 0.235. The number of para-hydroxylation sites is 1. The lowest BCUT2D eigenvalue weighted by Crippen LogP contribution is -2.22. The first-order valence-electron chi connectivity index (χ1n) is 7.39. The van der Waals surface area contributed by atoms with Crippen molar-refractivity contribution in [3.63, 3.8) is 0 Å². The minimum Gasteiger partial charge on any atom is -0.493 e. The number of hydrogen-bond donors (Lipinski definition) is 2. The van der Waals surface area contributed by atoms with Gasteiger partial charge in [0.1, 0.15) is 4.90 Å². The van der Waals surface area contributed by atoms with Gasteiger partial charge in [0, 0.05) is 10.7 Å². The van der Waals surface area contributed by atoms with E-state index in [1.54, 1.807) is 25.1 Å². The van der Waals surface area contributed by atoms with E-state index in [0.717, 1.165) is 16.3 Å². The molecule has 0 unspecified atom stereocenters. The van der Waals surface area contributed by atoms with E-state index in [1.807, 2.05) is 18.2 Å². The predicted molar refractivity (Wildman–Crippen MR) is 102 cm³/mol. The number of benzene rings is 2. The molecule has 0 spiro atoms. The summed E-state index contributed by atoms with van der Waals surface area (Å²) in [5.41, 5.74) is 1.85. The van der Waals surface area contributed by atoms with Gasteiger partial charge in [0.15, 0.2) is 15.6 Å². The summed E-state index contributed by atoms with van der Waals surface area (Å²) >= 11 is 3.36. The van der Waals surface area contributed by atoms with E-state index in [4.69, 9.17) is 4.74 Å². The zero-order valence-electron chi connectivity index (χ0n) is 14.1. The van der Waals surface area contributed by atoms with Crippen molar-refractivity contribution in [2.24, 2.45) is 0 Å². The Morgan fingerprint density at radius 3 is 2.48 bits per heavy atom. The fourth-order valence-electron chi connectivity index (χ4n) is 2.29. The highest BCUT2D eigenvalue weighted by Gasteiger charge is 2.19. The number of amides is 1. The molecule has 2 aromatic carbocycles. The van der Waals surface area contributed by atoms with Gasteiger partial charge in [-0.15, -0.1) is 0 Å². The molecule has 0 aliphatic rings. The second-order valence-corrected chi connectivity index (χ2v) is 8.34. The number of anilines is 2. The number of carbonyl (C=O) groups is 1. The van der Waals surface area contributed by atoms with Gasteiger partial charge in [-0.25, -0.2) is 8.42 Å². The quantitative estimate of drug-likeness (QED) is 0.740. The third kappa shape index (κ3) is 4.96. The van der Waals surface area contributed by atoms with E-state index in [0.29, 0.717) is 11.4 Å². The fourth-order valence-corrected chi connectivity index (χ4v) is 3.60. The van der Waals surface area contributed by atoms with Gasteiger partial charge in [0.25, 0.3) is 0 Å². The molecule has 1 amide bonds. The van der Waals surface area contributed by atoms with Crippen molar-refractivity contribution in [2.75, 3.05) is 30.5 Å². The van der Waals surface area contributed by atoms with Crippen molar-refractivity contribution < 1.29 is 17.9 Å². The van der Waals surface area contributed by atoms with Crippen LogP contribution in [-0.4, -0.2) is 34.2 Å². The second kappa shape index (κ2) is 7.88. The van der Waals surface area contributed by atoms with E-state index < -0.39 is 9.84 Å². The van der Waals surface area contributed by atoms with Gasteiger partial charge in [-0.05, 0) is 52.7 Å². The van der Waals surface area contributed by atoms with Crippen molar-refractivity contribution in [3.05, 3.63) is 46.4 Å². The Hall–Kier alpha value is -2.06. The van der Waals surface area contributed by atoms with Crippen molar-refractivity contribution >= 4 is 43.0 Å². The molecule has 134 valence electrons. The van der Waals surface area contributed by atoms with Gasteiger partial charge in [0.2, 0.25) is 5.91 Å². The highest BCUT2D eigenvalue weighted by Crippen LogP contribution is 2.33. The maximum atomic E-state index is 12.2. The van der Waals surface area contributed by atoms with E-state index >= 15 is 0 Å². The van der Waals surface area contributed by atoms with Crippen LogP contribution in [-0.2, 0) is 14.6 Å². The summed E-state index contributed by atoms with van der Waals surface area (Å²) in [5.74, 6) is -0.0712. The van der Waals surface area contributed by atoms with Crippen LogP contribution in [0.3, 0.4) is 0 Å². The highest BCUT2D eigenvalue weighted by atomic mass is 79.9. The number of halogens is 1. The minimum absolute atomic E-state index is 0.0374. The lowest BCUT2D eigenvalue weighted by Gasteiger charge is -2.15. The zero-order chi connectivity index (χ0) is 18.6. The zero-order valence-corrected chi connectivity index (χ0v) is 16.5. The Labute approximate surface area is 155 Å². The molecular weight excluding hydrogens is 408 g/mol. The third-order valence-electron chi connectivity index (χ3n) is 3.39. The molecule has 0 aliphatic heterocycles. The SMILES string of the molecule is COc1c(NCC(=O)Nc2ccccc2Br)cc(C)cc1S(C)(=O)=O. The lowest BCUT2D eigenvalue weighted by atomic mass is 10.2. The summed E-state index contributed by atoms with van der Waals surface area (Å²) in [4.78, 5) is 12.2. The van der Waals surface area contributed by atoms with Crippen LogP contribution in [0, 0.1) is 6.92 Å². The van der Waals surface area contributed by atoms with Crippen LogP contribution >= 0.6 is 15.9 Å². The van der Waals surface area contributed by atoms with Gasteiger partial charge in [-0.1, -0.05) is 12.1 Å². The van der Waals surface area contributed by atoms with Gasteiger partial charge < -0.3 is 15.4 Å². The van der Waals surface area contributed by atoms with Crippen molar-refractivity contribution in [2.45, 2.75) is 11.8 Å². The monoisotopic (exact) mass is 426 g/mol. The molecule has 6 nitrogen and oxygen atoms in total. The summed E-state index contributed by atoms with van der Waals surface area (Å²) in [6.07, 6.45) is 1.12. The molecule has 0 radical (unpaired) electrons. The van der Waals surface area contributed by atoms with Crippen LogP contribution in [0.25, 0.3) is 0 Å². The van der Waals surface area contributed by atoms with E-state index in [9.17, 15) is 13.2 Å². The number of carbonyl (C=O) groups excluding carboxylic acids is 1. The van der Waals surface area contributed by atoms with E-state index in [1.165, 1.54) is 7.11 Å². The maximum absolute atomic E-state index is 12.2. The number of methoxy groups -OCH3 is 1. The summed E-state index contributed by atoms with van der Waals surface area (Å²) in [6, 6.07) is 10.5. The molecule has 2 N–H and O–H groups in total. The largest absolute Gasteiger partial charge is 0.493 e. The molecule has 0 atom stereocenters. The Morgan fingerprint density at radius 1 is 1.20 bits per heavy atom. The molecule has 25 heavy (non-hydrogen) atoms. The molecule has 0 heterocycles. The summed E-state index contributed by atoms with van der Waals surface area (Å²) in [5, 5.41) is 5.71. The van der Waals surface area contributed by atoms with Gasteiger partial charge in [-0.3, -0.25) is 4.79 Å². The third-order valence-corrected chi connectivity index (χ3v) is 5.18. The van der Waals surface area contributed by atoms with Crippen LogP contribution < -0.4 is 15.4 Å². The number of aryl methyl sites for hydroxylation is 1. The van der Waals surface area contributed by atoms with Crippen LogP contribution in [0.1, 0.15) is 5.56 Å². The maximum Gasteiger partial charge on any atom is 0.243 e. The van der Waals surface area contributed by atoms with Crippen molar-refractivity contribution in [3.8, 4) is 5.75 Å². The summed E-state index contributed by atoms with van der Waals surface area (Å²) in [6.45, 7) is 1.74. The smallest absolute Gasteiger partial charge is 0.243 e. The normalized spacial score (nSPS) is 11.0. The van der Waals surface area contributed by atoms with Gasteiger partial charge in [0.05, 0.1) is 25.0 Å². The average molecular weight is 427 g/mol. The highest BCUT2D eigenvalue weighted by molar-refractivity contribution is 9.10. The number of ether oxygens (including phenoxy) is 1. The number of nitrogens with one attached hydrogen (secondary N) is 2. The molecule has 0 aromatic heterocycles. The van der Waals surface area contributed by atoms with E-state index in [-0.39, 0.29) is 23.1 Å². The van der Waals surface area contributed by atoms with Gasteiger partial charge in [-0.2, -0.15) is 0 Å². The number of hydrogen-bond acceptors (Lipinski definition) is 5. The Morgan fingerprint density at radius 2 is 1.88 bits per heavy atom. The second-order valence-electron chi connectivity index (χ2n) is 5.50. The average Bonchev–Trinajstić information content (AvgIpc) is 2.53. The lowest BCUT2D eigenvalue weighted by molar-refractivity contribution is -0.114. The van der Waals surface area contributed by atoms with Crippen LogP contribution in [0.2, 0.25) is 0 Å². The van der Waals surface area contributed by atoms with Crippen molar-refractivity contribution in [1.29, 1.82) is 0 Å². The summed E-state index contributed by atoms with van der Waals surface area (Å²) < 4.78 is 29.9. The molecule has 0 aliphatic carbocycles. The first kappa shape index (κ1) is 19.3. The molecule has 2 rings (SSSR count). The molecule has 8 heteroatoms. The van der Waals surface area contributed by atoms with Crippen LogP contribution in [0.15, 0.2) is 45.8 Å². The first-order chi connectivity index (χ1) is 11.7. The van der Waals surface area contributed by atoms with E-state index in [2.05, 4.69) is 26.6 Å². The molecule has 0 bridgehead atoms. The first-order valence-corrected chi connectivity index (χ1v) is 10.1. The molecule has 2 aromatic rings. The minimum atomic E-state index is -3.46. The molecule has 0 fully saturated rings. The topological polar surface area (TPSA) is 84.5 Å². The molecule has 0 saturated heterocycles. The Kier molecular flexibility index (Phi) is 6.07. The molecular formula is C17H19BrN2O4S.